The van der Waals surface area contributed by atoms with Gasteiger partial charge in [-0.3, -0.25) is 9.59 Å². The van der Waals surface area contributed by atoms with Crippen LogP contribution in [0.3, 0.4) is 0 Å². The van der Waals surface area contributed by atoms with Crippen LogP contribution in [0.25, 0.3) is 0 Å². The molecule has 0 saturated carbocycles. The Morgan fingerprint density at radius 1 is 1.21 bits per heavy atom. The minimum absolute atomic E-state index is 0.0476. The van der Waals surface area contributed by atoms with Crippen molar-refractivity contribution < 1.29 is 18.0 Å². The number of hydrogen-bond donors (Lipinski definition) is 2. The van der Waals surface area contributed by atoms with Crippen LogP contribution in [0.1, 0.15) is 12.5 Å². The van der Waals surface area contributed by atoms with Crippen LogP contribution in [0.2, 0.25) is 0 Å². The largest absolute Gasteiger partial charge is 0.350 e. The number of nitrogens with one attached hydrogen (secondary N) is 2. The second kappa shape index (κ2) is 7.21. The van der Waals surface area contributed by atoms with E-state index in [1.807, 2.05) is 0 Å². The van der Waals surface area contributed by atoms with Gasteiger partial charge in [-0.25, -0.2) is 13.1 Å². The minimum atomic E-state index is -3.23. The SMILES string of the molecule is CC(=O)Nc1cn(CC(=O)NCc2ccc(S(C)(=O)=O)cc2)nn1. The highest BCUT2D eigenvalue weighted by Gasteiger charge is 2.08. The number of rotatable bonds is 6. The molecule has 24 heavy (non-hydrogen) atoms. The minimum Gasteiger partial charge on any atom is -0.350 e. The molecule has 0 aliphatic carbocycles. The number of nitrogens with zero attached hydrogens (tertiary/aromatic N) is 3. The van der Waals surface area contributed by atoms with Crippen molar-refractivity contribution in [2.24, 2.45) is 0 Å². The Hall–Kier alpha value is -2.75. The molecule has 10 heteroatoms. The molecule has 1 aromatic carbocycles. The van der Waals surface area contributed by atoms with Gasteiger partial charge >= 0.3 is 0 Å². The van der Waals surface area contributed by atoms with E-state index in [9.17, 15) is 18.0 Å². The van der Waals surface area contributed by atoms with Gasteiger partial charge in [0.15, 0.2) is 15.7 Å². The molecule has 0 spiro atoms. The summed E-state index contributed by atoms with van der Waals surface area (Å²) in [7, 11) is -3.23. The third-order valence-corrected chi connectivity index (χ3v) is 4.12. The van der Waals surface area contributed by atoms with E-state index < -0.39 is 9.84 Å². The normalized spacial score (nSPS) is 11.1. The summed E-state index contributed by atoms with van der Waals surface area (Å²) in [5.41, 5.74) is 0.772. The number of hydrogen-bond acceptors (Lipinski definition) is 6. The maximum Gasteiger partial charge on any atom is 0.242 e. The Bertz CT molecular complexity index is 842. The van der Waals surface area contributed by atoms with E-state index in [4.69, 9.17) is 0 Å². The van der Waals surface area contributed by atoms with Crippen molar-refractivity contribution in [1.82, 2.24) is 20.3 Å². The van der Waals surface area contributed by atoms with Crippen molar-refractivity contribution >= 4 is 27.5 Å². The van der Waals surface area contributed by atoms with Gasteiger partial charge in [0.05, 0.1) is 11.1 Å². The van der Waals surface area contributed by atoms with E-state index in [1.54, 1.807) is 12.1 Å². The summed E-state index contributed by atoms with van der Waals surface area (Å²) in [6.07, 6.45) is 2.58. The van der Waals surface area contributed by atoms with Crippen molar-refractivity contribution in [3.63, 3.8) is 0 Å². The van der Waals surface area contributed by atoms with Crippen molar-refractivity contribution in [3.8, 4) is 0 Å². The number of sulfone groups is 1. The first-order valence-corrected chi connectivity index (χ1v) is 8.86. The summed E-state index contributed by atoms with van der Waals surface area (Å²) < 4.78 is 24.0. The van der Waals surface area contributed by atoms with E-state index >= 15 is 0 Å². The van der Waals surface area contributed by atoms with Crippen LogP contribution in [-0.4, -0.2) is 41.5 Å². The molecule has 2 rings (SSSR count). The van der Waals surface area contributed by atoms with Gasteiger partial charge in [0.2, 0.25) is 11.8 Å². The molecule has 0 radical (unpaired) electrons. The van der Waals surface area contributed by atoms with Crippen molar-refractivity contribution in [3.05, 3.63) is 36.0 Å². The number of benzene rings is 1. The topological polar surface area (TPSA) is 123 Å². The molecule has 9 nitrogen and oxygen atoms in total. The van der Waals surface area contributed by atoms with Crippen LogP contribution in [0.5, 0.6) is 0 Å². The van der Waals surface area contributed by atoms with Crippen LogP contribution < -0.4 is 10.6 Å². The van der Waals surface area contributed by atoms with Crippen molar-refractivity contribution in [2.45, 2.75) is 24.9 Å². The maximum atomic E-state index is 11.9. The molecule has 0 unspecified atom stereocenters. The fourth-order valence-corrected chi connectivity index (χ4v) is 2.50. The first kappa shape index (κ1) is 17.6. The van der Waals surface area contributed by atoms with Gasteiger partial charge in [-0.1, -0.05) is 17.3 Å². The summed E-state index contributed by atoms with van der Waals surface area (Å²) in [4.78, 5) is 23.0. The predicted octanol–water partition coefficient (Wildman–Crippen LogP) is -0.0436. The van der Waals surface area contributed by atoms with Gasteiger partial charge in [0.25, 0.3) is 0 Å². The van der Waals surface area contributed by atoms with Gasteiger partial charge in [0, 0.05) is 19.7 Å². The zero-order chi connectivity index (χ0) is 17.7. The quantitative estimate of drug-likeness (QED) is 0.752. The van der Waals surface area contributed by atoms with Gasteiger partial charge in [-0.15, -0.1) is 5.10 Å². The first-order chi connectivity index (χ1) is 11.2. The summed E-state index contributed by atoms with van der Waals surface area (Å²) in [5.74, 6) is -0.294. The van der Waals surface area contributed by atoms with Crippen molar-refractivity contribution in [1.29, 1.82) is 0 Å². The zero-order valence-electron chi connectivity index (χ0n) is 13.2. The average Bonchev–Trinajstić information content (AvgIpc) is 2.91. The molecule has 0 fully saturated rings. The van der Waals surface area contributed by atoms with Crippen LogP contribution in [0, 0.1) is 0 Å². The molecule has 0 bridgehead atoms. The third kappa shape index (κ3) is 5.16. The smallest absolute Gasteiger partial charge is 0.242 e. The summed E-state index contributed by atoms with van der Waals surface area (Å²) >= 11 is 0. The molecule has 0 atom stereocenters. The molecule has 0 saturated heterocycles. The molecule has 1 aromatic heterocycles. The standard InChI is InChI=1S/C14H17N5O4S/c1-10(20)16-13-8-19(18-17-13)9-14(21)15-7-11-3-5-12(6-4-11)24(2,22)23/h3-6,8H,7,9H2,1-2H3,(H,15,21)(H,16,20). The molecule has 2 aromatic rings. The first-order valence-electron chi connectivity index (χ1n) is 6.97. The lowest BCUT2D eigenvalue weighted by molar-refractivity contribution is -0.122. The van der Waals surface area contributed by atoms with Gasteiger partial charge in [-0.2, -0.15) is 0 Å². The highest BCUT2D eigenvalue weighted by atomic mass is 32.2. The Morgan fingerprint density at radius 2 is 1.88 bits per heavy atom. The maximum absolute atomic E-state index is 11.9. The Kier molecular flexibility index (Phi) is 5.29. The van der Waals surface area contributed by atoms with Crippen LogP contribution in [0.15, 0.2) is 35.4 Å². The lowest BCUT2D eigenvalue weighted by Crippen LogP contribution is -2.27. The van der Waals surface area contributed by atoms with Gasteiger partial charge in [-0.05, 0) is 17.7 Å². The van der Waals surface area contributed by atoms with E-state index in [-0.39, 0.29) is 35.6 Å². The highest BCUT2D eigenvalue weighted by Crippen LogP contribution is 2.10. The van der Waals surface area contributed by atoms with E-state index in [1.165, 1.54) is 29.9 Å². The Balaban J connectivity index is 1.87. The van der Waals surface area contributed by atoms with E-state index in [0.29, 0.717) is 0 Å². The number of amides is 2. The summed E-state index contributed by atoms with van der Waals surface area (Å²) in [6, 6.07) is 6.27. The monoisotopic (exact) mass is 351 g/mol. The molecule has 0 aliphatic heterocycles. The third-order valence-electron chi connectivity index (χ3n) is 2.99. The number of anilines is 1. The number of carbonyl (C=O) groups excluding carboxylic acids is 2. The molecule has 1 heterocycles. The highest BCUT2D eigenvalue weighted by molar-refractivity contribution is 7.90. The second-order valence-electron chi connectivity index (χ2n) is 5.18. The molecular formula is C14H17N5O4S. The molecule has 2 N–H and O–H groups in total. The van der Waals surface area contributed by atoms with Crippen LogP contribution >= 0.6 is 0 Å². The van der Waals surface area contributed by atoms with E-state index in [0.717, 1.165) is 11.8 Å². The van der Waals surface area contributed by atoms with Gasteiger partial charge in [0.1, 0.15) is 6.54 Å². The number of carbonyl (C=O) groups is 2. The fourth-order valence-electron chi connectivity index (χ4n) is 1.87. The molecule has 2 amide bonds. The van der Waals surface area contributed by atoms with E-state index in [2.05, 4.69) is 20.9 Å². The lowest BCUT2D eigenvalue weighted by Gasteiger charge is -2.06. The van der Waals surface area contributed by atoms with Crippen LogP contribution in [-0.2, 0) is 32.5 Å². The lowest BCUT2D eigenvalue weighted by atomic mass is 10.2. The van der Waals surface area contributed by atoms with Crippen LogP contribution in [0.4, 0.5) is 5.82 Å². The average molecular weight is 351 g/mol. The Morgan fingerprint density at radius 3 is 2.46 bits per heavy atom. The Labute approximate surface area is 139 Å². The molecule has 128 valence electrons. The zero-order valence-corrected chi connectivity index (χ0v) is 14.0. The number of aromatic nitrogens is 3. The second-order valence-corrected chi connectivity index (χ2v) is 7.19. The van der Waals surface area contributed by atoms with Crippen molar-refractivity contribution in [2.75, 3.05) is 11.6 Å². The molecular weight excluding hydrogens is 334 g/mol. The summed E-state index contributed by atoms with van der Waals surface area (Å²) in [5, 5.41) is 12.6. The summed E-state index contributed by atoms with van der Waals surface area (Å²) in [6.45, 7) is 1.56. The van der Waals surface area contributed by atoms with Gasteiger partial charge < -0.3 is 10.6 Å². The molecule has 0 aliphatic rings. The fraction of sp³-hybridized carbons (Fsp3) is 0.286. The predicted molar refractivity (Wildman–Crippen MR) is 85.7 cm³/mol.